The molecule has 1 heterocycles. The molecule has 0 radical (unpaired) electrons. The zero-order valence-corrected chi connectivity index (χ0v) is 16.2. The van der Waals surface area contributed by atoms with Crippen LogP contribution in [0.25, 0.3) is 0 Å². The number of phenolic OH excluding ortho intramolecular Hbond substituents is 1. The van der Waals surface area contributed by atoms with E-state index in [9.17, 15) is 5.11 Å². The van der Waals surface area contributed by atoms with E-state index >= 15 is 0 Å². The summed E-state index contributed by atoms with van der Waals surface area (Å²) in [6, 6.07) is 22.9. The molecule has 0 spiro atoms. The molecular formula is C23H21ClN2O2. The Morgan fingerprint density at radius 2 is 1.64 bits per heavy atom. The second-order valence-electron chi connectivity index (χ2n) is 6.71. The van der Waals surface area contributed by atoms with Gasteiger partial charge in [-0.05, 0) is 29.8 Å². The molecule has 4 rings (SSSR count). The van der Waals surface area contributed by atoms with E-state index < -0.39 is 0 Å². The SMILES string of the molecule is COc1ccccc1[C@H]1N=C(c2ccc(Cl)cc2)C[C@@H](c2ccccc2O)N1. The molecule has 4 nitrogen and oxygen atoms in total. The van der Waals surface area contributed by atoms with E-state index in [-0.39, 0.29) is 18.0 Å². The molecule has 2 atom stereocenters. The highest BCUT2D eigenvalue weighted by Gasteiger charge is 2.28. The van der Waals surface area contributed by atoms with Gasteiger partial charge in [0, 0.05) is 34.3 Å². The Labute approximate surface area is 169 Å². The van der Waals surface area contributed by atoms with Gasteiger partial charge in [0.2, 0.25) is 0 Å². The Kier molecular flexibility index (Phi) is 5.33. The molecule has 0 unspecified atom stereocenters. The van der Waals surface area contributed by atoms with Crippen LogP contribution in [0.3, 0.4) is 0 Å². The summed E-state index contributed by atoms with van der Waals surface area (Å²) >= 11 is 6.06. The Hall–Kier alpha value is -2.82. The molecule has 0 saturated carbocycles. The lowest BCUT2D eigenvalue weighted by atomic mass is 9.93. The molecule has 1 aliphatic heterocycles. The van der Waals surface area contributed by atoms with Crippen LogP contribution < -0.4 is 10.1 Å². The van der Waals surface area contributed by atoms with Crippen molar-refractivity contribution in [2.75, 3.05) is 7.11 Å². The first-order chi connectivity index (χ1) is 13.7. The Morgan fingerprint density at radius 3 is 2.36 bits per heavy atom. The molecule has 0 fully saturated rings. The third-order valence-corrected chi connectivity index (χ3v) is 5.22. The predicted molar refractivity (Wildman–Crippen MR) is 112 cm³/mol. The second-order valence-corrected chi connectivity index (χ2v) is 7.15. The van der Waals surface area contributed by atoms with E-state index in [2.05, 4.69) is 5.32 Å². The summed E-state index contributed by atoms with van der Waals surface area (Å²) < 4.78 is 5.54. The van der Waals surface area contributed by atoms with Crippen LogP contribution in [0.2, 0.25) is 5.02 Å². The number of benzene rings is 3. The maximum Gasteiger partial charge on any atom is 0.129 e. The van der Waals surface area contributed by atoms with Crippen molar-refractivity contribution >= 4 is 17.3 Å². The molecule has 0 aromatic heterocycles. The van der Waals surface area contributed by atoms with Crippen molar-refractivity contribution in [3.8, 4) is 11.5 Å². The molecule has 0 aliphatic carbocycles. The van der Waals surface area contributed by atoms with Gasteiger partial charge in [-0.25, -0.2) is 0 Å². The molecule has 142 valence electrons. The quantitative estimate of drug-likeness (QED) is 0.635. The van der Waals surface area contributed by atoms with Gasteiger partial charge in [0.05, 0.1) is 7.11 Å². The van der Waals surface area contributed by atoms with Crippen LogP contribution in [0, 0.1) is 0 Å². The number of phenols is 1. The number of aliphatic imine (C=N–C) groups is 1. The normalized spacial score (nSPS) is 19.1. The highest BCUT2D eigenvalue weighted by atomic mass is 35.5. The Balaban J connectivity index is 1.78. The molecule has 28 heavy (non-hydrogen) atoms. The van der Waals surface area contributed by atoms with E-state index in [0.29, 0.717) is 11.4 Å². The summed E-state index contributed by atoms with van der Waals surface area (Å²) in [5.41, 5.74) is 3.78. The minimum Gasteiger partial charge on any atom is -0.508 e. The van der Waals surface area contributed by atoms with Crippen LogP contribution in [-0.4, -0.2) is 17.9 Å². The monoisotopic (exact) mass is 392 g/mol. The van der Waals surface area contributed by atoms with Gasteiger partial charge in [-0.1, -0.05) is 60.1 Å². The van der Waals surface area contributed by atoms with E-state index in [1.54, 1.807) is 13.2 Å². The second kappa shape index (κ2) is 8.05. The summed E-state index contributed by atoms with van der Waals surface area (Å²) in [5, 5.41) is 14.6. The fourth-order valence-corrected chi connectivity index (χ4v) is 3.68. The molecular weight excluding hydrogens is 372 g/mol. The smallest absolute Gasteiger partial charge is 0.129 e. The molecule has 3 aromatic carbocycles. The van der Waals surface area contributed by atoms with Crippen LogP contribution in [0.15, 0.2) is 77.8 Å². The van der Waals surface area contributed by atoms with Crippen molar-refractivity contribution in [1.29, 1.82) is 0 Å². The first kappa shape index (κ1) is 18.5. The highest BCUT2D eigenvalue weighted by Crippen LogP contribution is 2.36. The van der Waals surface area contributed by atoms with Crippen LogP contribution in [0.4, 0.5) is 0 Å². The summed E-state index contributed by atoms with van der Waals surface area (Å²) in [6.45, 7) is 0. The van der Waals surface area contributed by atoms with Crippen LogP contribution >= 0.6 is 11.6 Å². The zero-order chi connectivity index (χ0) is 19.5. The molecule has 3 aromatic rings. The van der Waals surface area contributed by atoms with Crippen LogP contribution in [-0.2, 0) is 0 Å². The van der Waals surface area contributed by atoms with Gasteiger partial charge in [0.15, 0.2) is 0 Å². The third-order valence-electron chi connectivity index (χ3n) is 4.96. The predicted octanol–water partition coefficient (Wildman–Crippen LogP) is 5.28. The topological polar surface area (TPSA) is 53.9 Å². The number of nitrogens with one attached hydrogen (secondary N) is 1. The van der Waals surface area contributed by atoms with Gasteiger partial charge in [0.25, 0.3) is 0 Å². The van der Waals surface area contributed by atoms with Crippen molar-refractivity contribution in [1.82, 2.24) is 5.32 Å². The molecule has 0 amide bonds. The summed E-state index contributed by atoms with van der Waals surface area (Å²) in [6.07, 6.45) is 0.366. The highest BCUT2D eigenvalue weighted by molar-refractivity contribution is 6.30. The van der Waals surface area contributed by atoms with Gasteiger partial charge >= 0.3 is 0 Å². The maximum atomic E-state index is 10.4. The van der Waals surface area contributed by atoms with Crippen molar-refractivity contribution in [3.05, 3.63) is 94.5 Å². The van der Waals surface area contributed by atoms with Crippen molar-refractivity contribution in [2.24, 2.45) is 4.99 Å². The van der Waals surface area contributed by atoms with E-state index in [0.717, 1.165) is 28.2 Å². The van der Waals surface area contributed by atoms with Crippen LogP contribution in [0.5, 0.6) is 11.5 Å². The Morgan fingerprint density at radius 1 is 0.964 bits per heavy atom. The Bertz CT molecular complexity index is 1000. The molecule has 1 aliphatic rings. The van der Waals surface area contributed by atoms with Crippen LogP contribution in [0.1, 0.15) is 35.3 Å². The van der Waals surface area contributed by atoms with Crippen molar-refractivity contribution < 1.29 is 9.84 Å². The number of para-hydroxylation sites is 2. The van der Waals surface area contributed by atoms with E-state index in [1.165, 1.54) is 0 Å². The molecule has 5 heteroatoms. The zero-order valence-electron chi connectivity index (χ0n) is 15.5. The third kappa shape index (κ3) is 3.75. The lowest BCUT2D eigenvalue weighted by Crippen LogP contribution is -2.33. The standard InChI is InChI=1S/C23H21ClN2O2/c1-28-22-9-5-3-7-18(22)23-25-19(15-10-12-16(24)13-11-15)14-20(26-23)17-6-2-4-8-21(17)27/h2-13,20,23,26-27H,14H2,1H3/t20-,23-/m0/s1. The average molecular weight is 393 g/mol. The summed E-state index contributed by atoms with van der Waals surface area (Å²) in [5.74, 6) is 1.05. The first-order valence-corrected chi connectivity index (χ1v) is 9.53. The molecule has 0 bridgehead atoms. The number of aromatic hydroxyl groups is 1. The number of ether oxygens (including phenoxy) is 1. The fraction of sp³-hybridized carbons (Fsp3) is 0.174. The average Bonchev–Trinajstić information content (AvgIpc) is 2.74. The first-order valence-electron chi connectivity index (χ1n) is 9.15. The summed E-state index contributed by atoms with van der Waals surface area (Å²) in [4.78, 5) is 4.97. The molecule has 2 N–H and O–H groups in total. The number of nitrogens with zero attached hydrogens (tertiary/aromatic N) is 1. The minimum atomic E-state index is -0.291. The van der Waals surface area contributed by atoms with Gasteiger partial charge < -0.3 is 9.84 Å². The number of hydrogen-bond donors (Lipinski definition) is 2. The molecule has 0 saturated heterocycles. The van der Waals surface area contributed by atoms with Gasteiger partial charge in [-0.2, -0.15) is 0 Å². The van der Waals surface area contributed by atoms with Gasteiger partial charge in [0.1, 0.15) is 17.7 Å². The fourth-order valence-electron chi connectivity index (χ4n) is 3.56. The van der Waals surface area contributed by atoms with E-state index in [1.807, 2.05) is 66.7 Å². The number of rotatable bonds is 4. The minimum absolute atomic E-state index is 0.0840. The lowest BCUT2D eigenvalue weighted by Gasteiger charge is -2.31. The van der Waals surface area contributed by atoms with Gasteiger partial charge in [-0.3, -0.25) is 10.3 Å². The summed E-state index contributed by atoms with van der Waals surface area (Å²) in [7, 11) is 1.66. The van der Waals surface area contributed by atoms with E-state index in [4.69, 9.17) is 21.3 Å². The number of halogens is 1. The number of hydrogen-bond acceptors (Lipinski definition) is 4. The van der Waals surface area contributed by atoms with Crippen molar-refractivity contribution in [2.45, 2.75) is 18.6 Å². The number of methoxy groups -OCH3 is 1. The van der Waals surface area contributed by atoms with Crippen molar-refractivity contribution in [3.63, 3.8) is 0 Å². The lowest BCUT2D eigenvalue weighted by molar-refractivity contribution is 0.381. The largest absolute Gasteiger partial charge is 0.508 e. The van der Waals surface area contributed by atoms with Gasteiger partial charge in [-0.15, -0.1) is 0 Å². The maximum absolute atomic E-state index is 10.4.